The molecule has 1 fully saturated rings. The van der Waals surface area contributed by atoms with Crippen molar-refractivity contribution in [3.8, 4) is 0 Å². The number of nitrogens with zero attached hydrogens (tertiary/aromatic N) is 3. The number of nitrogens with one attached hydrogen (secondary N) is 1. The number of anilines is 1. The van der Waals surface area contributed by atoms with Crippen molar-refractivity contribution in [3.63, 3.8) is 0 Å². The Morgan fingerprint density at radius 3 is 2.56 bits per heavy atom. The van der Waals surface area contributed by atoms with Crippen LogP contribution in [0.5, 0.6) is 0 Å². The van der Waals surface area contributed by atoms with Gasteiger partial charge in [0.1, 0.15) is 12.1 Å². The minimum absolute atomic E-state index is 0.0404. The van der Waals surface area contributed by atoms with Gasteiger partial charge in [-0.05, 0) is 45.8 Å². The largest absolute Gasteiger partial charge is 0.364 e. The molecular weight excluding hydrogens is 224 g/mol. The summed E-state index contributed by atoms with van der Waals surface area (Å²) in [7, 11) is 0. The summed E-state index contributed by atoms with van der Waals surface area (Å²) in [5.74, 6) is 0.907. The fourth-order valence-electron chi connectivity index (χ4n) is 2.60. The molecule has 0 bridgehead atoms. The molecule has 0 unspecified atom stereocenters. The quantitative estimate of drug-likeness (QED) is 0.889. The van der Waals surface area contributed by atoms with Crippen LogP contribution in [-0.4, -0.2) is 40.0 Å². The summed E-state index contributed by atoms with van der Waals surface area (Å²) in [4.78, 5) is 10.7. The third kappa shape index (κ3) is 4.26. The third-order valence-corrected chi connectivity index (χ3v) is 3.37. The van der Waals surface area contributed by atoms with Crippen molar-refractivity contribution in [3.05, 3.63) is 18.6 Å². The first kappa shape index (κ1) is 13.3. The highest BCUT2D eigenvalue weighted by Gasteiger charge is 2.22. The standard InChI is InChI=1S/C14H24N4/c1-14(2,17-13-7-8-15-12-16-13)11-18-9-5-3-4-6-10-18/h7-8,12H,3-6,9-11H2,1-2H3,(H,15,16,17). The molecule has 0 radical (unpaired) electrons. The molecule has 4 nitrogen and oxygen atoms in total. The summed E-state index contributed by atoms with van der Waals surface area (Å²) in [6.45, 7) is 8.00. The van der Waals surface area contributed by atoms with Crippen LogP contribution in [0.4, 0.5) is 5.82 Å². The van der Waals surface area contributed by atoms with Crippen molar-refractivity contribution in [2.75, 3.05) is 25.0 Å². The van der Waals surface area contributed by atoms with Crippen LogP contribution in [0.25, 0.3) is 0 Å². The Labute approximate surface area is 110 Å². The van der Waals surface area contributed by atoms with E-state index in [0.29, 0.717) is 0 Å². The summed E-state index contributed by atoms with van der Waals surface area (Å²) in [5, 5.41) is 3.49. The number of aromatic nitrogens is 2. The molecule has 1 aromatic rings. The van der Waals surface area contributed by atoms with Crippen LogP contribution in [-0.2, 0) is 0 Å². The van der Waals surface area contributed by atoms with E-state index in [9.17, 15) is 0 Å². The van der Waals surface area contributed by atoms with Crippen LogP contribution in [0.15, 0.2) is 18.6 Å². The predicted octanol–water partition coefficient (Wildman–Crippen LogP) is 2.54. The van der Waals surface area contributed by atoms with Crippen molar-refractivity contribution in [2.45, 2.75) is 45.1 Å². The summed E-state index contributed by atoms with van der Waals surface area (Å²) in [5.41, 5.74) is 0.0404. The first-order valence-electron chi connectivity index (χ1n) is 6.92. The van der Waals surface area contributed by atoms with Gasteiger partial charge in [0.05, 0.1) is 0 Å². The number of hydrogen-bond acceptors (Lipinski definition) is 4. The van der Waals surface area contributed by atoms with Crippen LogP contribution >= 0.6 is 0 Å². The fraction of sp³-hybridized carbons (Fsp3) is 0.714. The van der Waals surface area contributed by atoms with Crippen molar-refractivity contribution in [1.82, 2.24) is 14.9 Å². The minimum atomic E-state index is 0.0404. The summed E-state index contributed by atoms with van der Waals surface area (Å²) in [6, 6.07) is 1.92. The molecule has 0 spiro atoms. The number of rotatable bonds is 4. The Bertz CT molecular complexity index is 342. The zero-order valence-corrected chi connectivity index (χ0v) is 11.5. The van der Waals surface area contributed by atoms with Crippen molar-refractivity contribution >= 4 is 5.82 Å². The molecule has 100 valence electrons. The van der Waals surface area contributed by atoms with Gasteiger partial charge in [0.25, 0.3) is 0 Å². The van der Waals surface area contributed by atoms with Gasteiger partial charge in [-0.1, -0.05) is 12.8 Å². The van der Waals surface area contributed by atoms with Gasteiger partial charge in [0.15, 0.2) is 0 Å². The minimum Gasteiger partial charge on any atom is -0.364 e. The molecule has 2 heterocycles. The Hall–Kier alpha value is -1.16. The van der Waals surface area contributed by atoms with Gasteiger partial charge in [0.2, 0.25) is 0 Å². The van der Waals surface area contributed by atoms with Crippen molar-refractivity contribution in [2.24, 2.45) is 0 Å². The highest BCUT2D eigenvalue weighted by atomic mass is 15.2. The molecule has 1 aliphatic heterocycles. The first-order chi connectivity index (χ1) is 8.66. The molecule has 0 saturated carbocycles. The lowest BCUT2D eigenvalue weighted by molar-refractivity contribution is 0.243. The van der Waals surface area contributed by atoms with E-state index in [0.717, 1.165) is 12.4 Å². The van der Waals surface area contributed by atoms with Crippen LogP contribution in [0.3, 0.4) is 0 Å². The topological polar surface area (TPSA) is 41.0 Å². The predicted molar refractivity (Wildman–Crippen MR) is 74.6 cm³/mol. The zero-order chi connectivity index (χ0) is 12.8. The highest BCUT2D eigenvalue weighted by molar-refractivity contribution is 5.35. The Kier molecular flexibility index (Phi) is 4.53. The van der Waals surface area contributed by atoms with E-state index in [2.05, 4.69) is 34.0 Å². The highest BCUT2D eigenvalue weighted by Crippen LogP contribution is 2.16. The number of hydrogen-bond donors (Lipinski definition) is 1. The van der Waals surface area contributed by atoms with E-state index in [-0.39, 0.29) is 5.54 Å². The molecular formula is C14H24N4. The van der Waals surface area contributed by atoms with Crippen LogP contribution in [0, 0.1) is 0 Å². The van der Waals surface area contributed by atoms with Gasteiger partial charge >= 0.3 is 0 Å². The SMILES string of the molecule is CC(C)(CN1CCCCCC1)Nc1ccncn1. The fourth-order valence-corrected chi connectivity index (χ4v) is 2.60. The Balaban J connectivity index is 1.89. The molecule has 0 atom stereocenters. The molecule has 0 amide bonds. The summed E-state index contributed by atoms with van der Waals surface area (Å²) >= 11 is 0. The second-order valence-corrected chi connectivity index (χ2v) is 5.79. The lowest BCUT2D eigenvalue weighted by Crippen LogP contribution is -2.44. The molecule has 1 aliphatic rings. The van der Waals surface area contributed by atoms with Gasteiger partial charge < -0.3 is 10.2 Å². The van der Waals surface area contributed by atoms with E-state index in [1.165, 1.54) is 38.8 Å². The Morgan fingerprint density at radius 2 is 1.94 bits per heavy atom. The van der Waals surface area contributed by atoms with Gasteiger partial charge in [-0.2, -0.15) is 0 Å². The maximum atomic E-state index is 4.23. The van der Waals surface area contributed by atoms with E-state index in [1.807, 2.05) is 6.07 Å². The molecule has 1 saturated heterocycles. The maximum Gasteiger partial charge on any atom is 0.129 e. The second kappa shape index (κ2) is 6.14. The van der Waals surface area contributed by atoms with Crippen LogP contribution < -0.4 is 5.32 Å². The first-order valence-corrected chi connectivity index (χ1v) is 6.92. The van der Waals surface area contributed by atoms with Gasteiger partial charge in [-0.25, -0.2) is 9.97 Å². The summed E-state index contributed by atoms with van der Waals surface area (Å²) in [6.07, 6.45) is 8.81. The van der Waals surface area contributed by atoms with E-state index < -0.39 is 0 Å². The molecule has 4 heteroatoms. The monoisotopic (exact) mass is 248 g/mol. The second-order valence-electron chi connectivity index (χ2n) is 5.79. The smallest absolute Gasteiger partial charge is 0.129 e. The van der Waals surface area contributed by atoms with Crippen molar-refractivity contribution < 1.29 is 0 Å². The van der Waals surface area contributed by atoms with E-state index >= 15 is 0 Å². The van der Waals surface area contributed by atoms with Gasteiger partial charge in [-0.15, -0.1) is 0 Å². The molecule has 1 N–H and O–H groups in total. The average Bonchev–Trinajstić information content (AvgIpc) is 2.57. The average molecular weight is 248 g/mol. The third-order valence-electron chi connectivity index (χ3n) is 3.37. The molecule has 0 aromatic carbocycles. The lowest BCUT2D eigenvalue weighted by atomic mass is 10.0. The van der Waals surface area contributed by atoms with E-state index in [1.54, 1.807) is 12.5 Å². The maximum absolute atomic E-state index is 4.23. The van der Waals surface area contributed by atoms with E-state index in [4.69, 9.17) is 0 Å². The van der Waals surface area contributed by atoms with Gasteiger partial charge in [-0.3, -0.25) is 0 Å². The van der Waals surface area contributed by atoms with Crippen LogP contribution in [0.1, 0.15) is 39.5 Å². The lowest BCUT2D eigenvalue weighted by Gasteiger charge is -2.33. The Morgan fingerprint density at radius 1 is 1.22 bits per heavy atom. The normalized spacial score (nSPS) is 18.3. The van der Waals surface area contributed by atoms with Crippen LogP contribution in [0.2, 0.25) is 0 Å². The molecule has 1 aromatic heterocycles. The van der Waals surface area contributed by atoms with Crippen molar-refractivity contribution in [1.29, 1.82) is 0 Å². The molecule has 2 rings (SSSR count). The summed E-state index contributed by atoms with van der Waals surface area (Å²) < 4.78 is 0. The van der Waals surface area contributed by atoms with Gasteiger partial charge in [0, 0.05) is 18.3 Å². The zero-order valence-electron chi connectivity index (χ0n) is 11.5. The number of likely N-dealkylation sites (tertiary alicyclic amines) is 1. The molecule has 18 heavy (non-hydrogen) atoms. The molecule has 0 aliphatic carbocycles.